The Bertz CT molecular complexity index is 348. The SMILES string of the molecule is CN(CCC#N)C(=O)CN1C=CSCC1=O. The van der Waals surface area contributed by atoms with E-state index in [4.69, 9.17) is 5.26 Å². The third kappa shape index (κ3) is 3.59. The van der Waals surface area contributed by atoms with Gasteiger partial charge < -0.3 is 9.80 Å². The molecule has 0 bridgehead atoms. The highest BCUT2D eigenvalue weighted by atomic mass is 32.2. The number of nitrogens with zero attached hydrogens (tertiary/aromatic N) is 3. The number of likely N-dealkylation sites (N-methyl/N-ethyl adjacent to an activating group) is 1. The second kappa shape index (κ2) is 6.18. The van der Waals surface area contributed by atoms with Gasteiger partial charge in [-0.3, -0.25) is 9.59 Å². The molecule has 0 spiro atoms. The summed E-state index contributed by atoms with van der Waals surface area (Å²) in [6.45, 7) is 0.452. The van der Waals surface area contributed by atoms with Gasteiger partial charge in [0.2, 0.25) is 11.8 Å². The Morgan fingerprint density at radius 2 is 2.50 bits per heavy atom. The van der Waals surface area contributed by atoms with Crippen molar-refractivity contribution in [2.45, 2.75) is 6.42 Å². The monoisotopic (exact) mass is 239 g/mol. The lowest BCUT2D eigenvalue weighted by Crippen LogP contribution is -2.40. The molecule has 0 N–H and O–H groups in total. The summed E-state index contributed by atoms with van der Waals surface area (Å²) in [6.07, 6.45) is 1.93. The normalized spacial score (nSPS) is 14.8. The maximum atomic E-state index is 11.6. The average molecular weight is 239 g/mol. The van der Waals surface area contributed by atoms with Crippen LogP contribution in [0.1, 0.15) is 6.42 Å². The van der Waals surface area contributed by atoms with E-state index in [1.54, 1.807) is 18.7 Å². The number of carbonyl (C=O) groups excluding carboxylic acids is 2. The van der Waals surface area contributed by atoms with Gasteiger partial charge in [-0.05, 0) is 5.41 Å². The molecule has 0 saturated heterocycles. The van der Waals surface area contributed by atoms with E-state index in [0.717, 1.165) is 0 Å². The fourth-order valence-corrected chi connectivity index (χ4v) is 1.79. The minimum atomic E-state index is -0.153. The van der Waals surface area contributed by atoms with Crippen molar-refractivity contribution in [3.05, 3.63) is 11.6 Å². The number of hydrogen-bond acceptors (Lipinski definition) is 4. The molecule has 0 fully saturated rings. The smallest absolute Gasteiger partial charge is 0.242 e. The van der Waals surface area contributed by atoms with Gasteiger partial charge in [0.1, 0.15) is 6.54 Å². The Balaban J connectivity index is 2.44. The third-order valence-electron chi connectivity index (χ3n) is 2.15. The molecule has 0 atom stereocenters. The summed E-state index contributed by atoms with van der Waals surface area (Å²) in [5.41, 5.74) is 0. The maximum absolute atomic E-state index is 11.6. The molecule has 16 heavy (non-hydrogen) atoms. The summed E-state index contributed by atoms with van der Waals surface area (Å²) in [5.74, 6) is 0.167. The zero-order chi connectivity index (χ0) is 12.0. The van der Waals surface area contributed by atoms with Crippen molar-refractivity contribution < 1.29 is 9.59 Å². The molecule has 0 aromatic carbocycles. The molecule has 0 unspecified atom stereocenters. The molecule has 0 radical (unpaired) electrons. The van der Waals surface area contributed by atoms with E-state index in [-0.39, 0.29) is 18.4 Å². The van der Waals surface area contributed by atoms with E-state index in [0.29, 0.717) is 18.7 Å². The molecule has 5 nitrogen and oxygen atoms in total. The van der Waals surface area contributed by atoms with Gasteiger partial charge in [-0.25, -0.2) is 0 Å². The topological polar surface area (TPSA) is 64.4 Å². The minimum Gasteiger partial charge on any atom is -0.343 e. The molecular weight excluding hydrogens is 226 g/mol. The molecule has 0 aromatic rings. The third-order valence-corrected chi connectivity index (χ3v) is 2.88. The van der Waals surface area contributed by atoms with E-state index in [1.807, 2.05) is 6.07 Å². The highest BCUT2D eigenvalue weighted by molar-refractivity contribution is 8.02. The van der Waals surface area contributed by atoms with Gasteiger partial charge in [0, 0.05) is 19.8 Å². The van der Waals surface area contributed by atoms with Gasteiger partial charge in [0.05, 0.1) is 18.2 Å². The number of rotatable bonds is 4. The van der Waals surface area contributed by atoms with Crippen LogP contribution in [-0.4, -0.2) is 47.5 Å². The molecule has 0 saturated carbocycles. The minimum absolute atomic E-state index is 0.0534. The van der Waals surface area contributed by atoms with E-state index in [9.17, 15) is 9.59 Å². The number of nitriles is 1. The highest BCUT2D eigenvalue weighted by Gasteiger charge is 2.19. The Kier molecular flexibility index (Phi) is 4.86. The number of thioether (sulfide) groups is 1. The number of carbonyl (C=O) groups is 2. The van der Waals surface area contributed by atoms with Gasteiger partial charge >= 0.3 is 0 Å². The predicted octanol–water partition coefficient (Wildman–Crippen LogP) is 0.405. The first-order valence-electron chi connectivity index (χ1n) is 4.84. The standard InChI is InChI=1S/C10H13N3O2S/c1-12(4-2-3-11)9(14)7-13-5-6-16-8-10(13)15/h5-6H,2,4,7-8H2,1H3. The van der Waals surface area contributed by atoms with Crippen LogP contribution < -0.4 is 0 Å². The van der Waals surface area contributed by atoms with Crippen LogP contribution in [-0.2, 0) is 9.59 Å². The first-order chi connectivity index (χ1) is 7.65. The highest BCUT2D eigenvalue weighted by Crippen LogP contribution is 2.12. The first kappa shape index (κ1) is 12.6. The van der Waals surface area contributed by atoms with E-state index < -0.39 is 0 Å². The van der Waals surface area contributed by atoms with Crippen LogP contribution in [0.25, 0.3) is 0 Å². The summed E-state index contributed by atoms with van der Waals surface area (Å²) in [4.78, 5) is 25.9. The average Bonchev–Trinajstić information content (AvgIpc) is 2.28. The second-order valence-electron chi connectivity index (χ2n) is 3.34. The van der Waals surface area contributed by atoms with Crippen molar-refractivity contribution in [3.8, 4) is 6.07 Å². The zero-order valence-corrected chi connectivity index (χ0v) is 9.87. The quantitative estimate of drug-likeness (QED) is 0.712. The van der Waals surface area contributed by atoms with E-state index in [2.05, 4.69) is 0 Å². The fourth-order valence-electron chi connectivity index (χ4n) is 1.15. The Labute approximate surface area is 98.7 Å². The van der Waals surface area contributed by atoms with Crippen LogP contribution >= 0.6 is 11.8 Å². The lowest BCUT2D eigenvalue weighted by Gasteiger charge is -2.23. The molecule has 1 aliphatic heterocycles. The lowest BCUT2D eigenvalue weighted by atomic mass is 10.4. The van der Waals surface area contributed by atoms with Crippen molar-refractivity contribution in [1.82, 2.24) is 9.80 Å². The van der Waals surface area contributed by atoms with Crippen molar-refractivity contribution in [1.29, 1.82) is 5.26 Å². The van der Waals surface area contributed by atoms with Crippen LogP contribution in [0.2, 0.25) is 0 Å². The predicted molar refractivity (Wildman–Crippen MR) is 61.2 cm³/mol. The van der Waals surface area contributed by atoms with Gasteiger partial charge in [0.15, 0.2) is 0 Å². The van der Waals surface area contributed by atoms with Crippen LogP contribution in [0, 0.1) is 11.3 Å². The molecular formula is C10H13N3O2S. The van der Waals surface area contributed by atoms with Crippen molar-refractivity contribution in [2.24, 2.45) is 0 Å². The maximum Gasteiger partial charge on any atom is 0.242 e. The van der Waals surface area contributed by atoms with Gasteiger partial charge in [0.25, 0.3) is 0 Å². The lowest BCUT2D eigenvalue weighted by molar-refractivity contribution is -0.136. The fraction of sp³-hybridized carbons (Fsp3) is 0.500. The molecule has 1 rings (SSSR count). The van der Waals surface area contributed by atoms with E-state index >= 15 is 0 Å². The van der Waals surface area contributed by atoms with Gasteiger partial charge in [-0.2, -0.15) is 5.26 Å². The van der Waals surface area contributed by atoms with Crippen molar-refractivity contribution >= 4 is 23.6 Å². The summed E-state index contributed by atoms with van der Waals surface area (Å²) >= 11 is 1.42. The summed E-state index contributed by atoms with van der Waals surface area (Å²) in [5, 5.41) is 10.2. The summed E-state index contributed by atoms with van der Waals surface area (Å²) in [7, 11) is 1.63. The molecule has 1 heterocycles. The molecule has 86 valence electrons. The summed E-state index contributed by atoms with van der Waals surface area (Å²) in [6, 6.07) is 1.97. The molecule has 0 aromatic heterocycles. The Morgan fingerprint density at radius 3 is 3.12 bits per heavy atom. The zero-order valence-electron chi connectivity index (χ0n) is 9.05. The van der Waals surface area contributed by atoms with Crippen LogP contribution in [0.5, 0.6) is 0 Å². The molecule has 1 aliphatic rings. The second-order valence-corrected chi connectivity index (χ2v) is 4.24. The molecule has 6 heteroatoms. The van der Waals surface area contributed by atoms with Crippen LogP contribution in [0.15, 0.2) is 11.6 Å². The number of hydrogen-bond donors (Lipinski definition) is 0. The van der Waals surface area contributed by atoms with Gasteiger partial charge in [-0.1, -0.05) is 0 Å². The number of amides is 2. The summed E-state index contributed by atoms with van der Waals surface area (Å²) < 4.78 is 0. The van der Waals surface area contributed by atoms with Crippen LogP contribution in [0.4, 0.5) is 0 Å². The Hall–Kier alpha value is -1.48. The molecule has 0 aliphatic carbocycles. The first-order valence-corrected chi connectivity index (χ1v) is 5.88. The van der Waals surface area contributed by atoms with Crippen molar-refractivity contribution in [2.75, 3.05) is 25.9 Å². The van der Waals surface area contributed by atoms with E-state index in [1.165, 1.54) is 21.6 Å². The van der Waals surface area contributed by atoms with Crippen LogP contribution in [0.3, 0.4) is 0 Å². The largest absolute Gasteiger partial charge is 0.343 e. The molecule has 2 amide bonds. The van der Waals surface area contributed by atoms with Gasteiger partial charge in [-0.15, -0.1) is 11.8 Å². The Morgan fingerprint density at radius 1 is 1.75 bits per heavy atom. The van der Waals surface area contributed by atoms with Crippen molar-refractivity contribution in [3.63, 3.8) is 0 Å².